The van der Waals surface area contributed by atoms with E-state index in [1.165, 1.54) is 12.1 Å². The van der Waals surface area contributed by atoms with Gasteiger partial charge in [0.2, 0.25) is 0 Å². The summed E-state index contributed by atoms with van der Waals surface area (Å²) < 4.78 is 1.55. The standard InChI is InChI=1S/C16H10Br2N2O2/c17-12-2-1-3-14(8-12)20-16(22)11(9-19)6-10-7-13(18)4-5-15(10)21/h1-8,21H,(H,20,22)/b11-6-. The topological polar surface area (TPSA) is 73.1 Å². The number of hydrogen-bond acceptors (Lipinski definition) is 3. The Bertz CT molecular complexity index is 795. The lowest BCUT2D eigenvalue weighted by Gasteiger charge is -2.05. The first-order chi connectivity index (χ1) is 10.5. The monoisotopic (exact) mass is 420 g/mol. The molecule has 0 unspecified atom stereocenters. The first kappa shape index (κ1) is 16.3. The summed E-state index contributed by atoms with van der Waals surface area (Å²) in [5.74, 6) is -0.550. The molecule has 4 nitrogen and oxygen atoms in total. The Labute approximate surface area is 144 Å². The van der Waals surface area contributed by atoms with Gasteiger partial charge in [-0.2, -0.15) is 5.26 Å². The molecule has 0 aliphatic carbocycles. The lowest BCUT2D eigenvalue weighted by Crippen LogP contribution is -2.13. The molecule has 0 aliphatic heterocycles. The Hall–Kier alpha value is -2.10. The van der Waals surface area contributed by atoms with Crippen molar-refractivity contribution in [1.82, 2.24) is 0 Å². The summed E-state index contributed by atoms with van der Waals surface area (Å²) >= 11 is 6.59. The van der Waals surface area contributed by atoms with Gasteiger partial charge in [-0.1, -0.05) is 37.9 Å². The van der Waals surface area contributed by atoms with E-state index < -0.39 is 5.91 Å². The molecule has 2 rings (SSSR count). The molecule has 0 saturated carbocycles. The molecule has 0 fully saturated rings. The molecule has 6 heteroatoms. The molecular weight excluding hydrogens is 412 g/mol. The fraction of sp³-hybridized carbons (Fsp3) is 0. The van der Waals surface area contributed by atoms with Crippen LogP contribution in [-0.2, 0) is 4.79 Å². The Kier molecular flexibility index (Phi) is 5.36. The van der Waals surface area contributed by atoms with Crippen molar-refractivity contribution in [3.8, 4) is 11.8 Å². The summed E-state index contributed by atoms with van der Waals surface area (Å²) in [6.45, 7) is 0. The van der Waals surface area contributed by atoms with E-state index in [1.54, 1.807) is 30.3 Å². The van der Waals surface area contributed by atoms with Gasteiger partial charge in [-0.05, 0) is 42.5 Å². The quantitative estimate of drug-likeness (QED) is 0.567. The summed E-state index contributed by atoms with van der Waals surface area (Å²) in [6, 6.07) is 13.7. The van der Waals surface area contributed by atoms with Crippen molar-refractivity contribution < 1.29 is 9.90 Å². The molecule has 22 heavy (non-hydrogen) atoms. The van der Waals surface area contributed by atoms with Crippen LogP contribution in [0.15, 0.2) is 57.0 Å². The molecule has 0 radical (unpaired) electrons. The SMILES string of the molecule is N#C/C(=C/c1cc(Br)ccc1O)C(=O)Nc1cccc(Br)c1. The molecule has 0 bridgehead atoms. The van der Waals surface area contributed by atoms with Gasteiger partial charge in [0.15, 0.2) is 0 Å². The maximum Gasteiger partial charge on any atom is 0.266 e. The van der Waals surface area contributed by atoms with Crippen molar-refractivity contribution in [3.05, 3.63) is 62.5 Å². The van der Waals surface area contributed by atoms with Crippen LogP contribution in [0.1, 0.15) is 5.56 Å². The number of nitriles is 1. The largest absolute Gasteiger partial charge is 0.507 e. The second kappa shape index (κ2) is 7.25. The highest BCUT2D eigenvalue weighted by Crippen LogP contribution is 2.24. The van der Waals surface area contributed by atoms with Gasteiger partial charge in [-0.15, -0.1) is 0 Å². The number of carbonyl (C=O) groups excluding carboxylic acids is 1. The third-order valence-corrected chi connectivity index (χ3v) is 3.72. The first-order valence-electron chi connectivity index (χ1n) is 6.17. The van der Waals surface area contributed by atoms with Crippen molar-refractivity contribution in [3.63, 3.8) is 0 Å². The van der Waals surface area contributed by atoms with E-state index in [1.807, 2.05) is 12.1 Å². The average molecular weight is 422 g/mol. The van der Waals surface area contributed by atoms with Gasteiger partial charge in [0.25, 0.3) is 5.91 Å². The van der Waals surface area contributed by atoms with E-state index in [4.69, 9.17) is 5.26 Å². The van der Waals surface area contributed by atoms with E-state index >= 15 is 0 Å². The Balaban J connectivity index is 2.28. The van der Waals surface area contributed by atoms with E-state index in [0.29, 0.717) is 11.3 Å². The average Bonchev–Trinajstić information content (AvgIpc) is 2.48. The fourth-order valence-corrected chi connectivity index (χ4v) is 2.49. The molecule has 2 N–H and O–H groups in total. The van der Waals surface area contributed by atoms with Gasteiger partial charge in [0.1, 0.15) is 17.4 Å². The van der Waals surface area contributed by atoms with Crippen LogP contribution in [0.25, 0.3) is 6.08 Å². The normalized spacial score (nSPS) is 10.9. The molecule has 0 spiro atoms. The molecule has 2 aromatic carbocycles. The Morgan fingerprint density at radius 2 is 1.91 bits per heavy atom. The zero-order valence-electron chi connectivity index (χ0n) is 11.2. The smallest absolute Gasteiger partial charge is 0.266 e. The summed E-state index contributed by atoms with van der Waals surface area (Å²) in [7, 11) is 0. The van der Waals surface area contributed by atoms with Gasteiger partial charge >= 0.3 is 0 Å². The lowest BCUT2D eigenvalue weighted by molar-refractivity contribution is -0.112. The van der Waals surface area contributed by atoms with Gasteiger partial charge < -0.3 is 10.4 Å². The summed E-state index contributed by atoms with van der Waals surface area (Å²) in [4.78, 5) is 12.1. The first-order valence-corrected chi connectivity index (χ1v) is 7.75. The van der Waals surface area contributed by atoms with Crippen molar-refractivity contribution in [2.45, 2.75) is 0 Å². The van der Waals surface area contributed by atoms with Crippen LogP contribution in [0.3, 0.4) is 0 Å². The second-order valence-electron chi connectivity index (χ2n) is 4.34. The van der Waals surface area contributed by atoms with E-state index in [0.717, 1.165) is 8.95 Å². The van der Waals surface area contributed by atoms with E-state index in [-0.39, 0.29) is 11.3 Å². The van der Waals surface area contributed by atoms with Gasteiger partial charge in [0, 0.05) is 20.2 Å². The third kappa shape index (κ3) is 4.20. The van der Waals surface area contributed by atoms with Crippen molar-refractivity contribution in [2.75, 3.05) is 5.32 Å². The molecule has 2 aromatic rings. The van der Waals surface area contributed by atoms with Crippen LogP contribution in [0.5, 0.6) is 5.75 Å². The van der Waals surface area contributed by atoms with Crippen molar-refractivity contribution >= 4 is 49.5 Å². The molecular formula is C16H10Br2N2O2. The summed E-state index contributed by atoms with van der Waals surface area (Å²) in [5.41, 5.74) is 0.850. The maximum atomic E-state index is 12.1. The number of halogens is 2. The van der Waals surface area contributed by atoms with Crippen LogP contribution in [0.4, 0.5) is 5.69 Å². The zero-order chi connectivity index (χ0) is 16.1. The number of phenols is 1. The van der Waals surface area contributed by atoms with Gasteiger partial charge in [-0.25, -0.2) is 0 Å². The molecule has 0 atom stereocenters. The number of carbonyl (C=O) groups is 1. The number of phenolic OH excluding ortho intramolecular Hbond substituents is 1. The predicted molar refractivity (Wildman–Crippen MR) is 92.2 cm³/mol. The number of rotatable bonds is 3. The van der Waals surface area contributed by atoms with Gasteiger partial charge in [0.05, 0.1) is 0 Å². The number of nitrogens with zero attached hydrogens (tertiary/aromatic N) is 1. The second-order valence-corrected chi connectivity index (χ2v) is 6.17. The van der Waals surface area contributed by atoms with Crippen LogP contribution in [0, 0.1) is 11.3 Å². The highest BCUT2D eigenvalue weighted by molar-refractivity contribution is 9.10. The maximum absolute atomic E-state index is 12.1. The van der Waals surface area contributed by atoms with Crippen LogP contribution < -0.4 is 5.32 Å². The highest BCUT2D eigenvalue weighted by Gasteiger charge is 2.11. The lowest BCUT2D eigenvalue weighted by atomic mass is 10.1. The molecule has 0 heterocycles. The Morgan fingerprint density at radius 1 is 1.18 bits per heavy atom. The van der Waals surface area contributed by atoms with Gasteiger partial charge in [-0.3, -0.25) is 4.79 Å². The molecule has 110 valence electrons. The van der Waals surface area contributed by atoms with E-state index in [9.17, 15) is 9.90 Å². The molecule has 0 aromatic heterocycles. The summed E-state index contributed by atoms with van der Waals surface area (Å²) in [6.07, 6.45) is 1.34. The molecule has 1 amide bonds. The Morgan fingerprint density at radius 3 is 2.59 bits per heavy atom. The summed E-state index contributed by atoms with van der Waals surface area (Å²) in [5, 5.41) is 21.6. The van der Waals surface area contributed by atoms with Crippen molar-refractivity contribution in [1.29, 1.82) is 5.26 Å². The number of anilines is 1. The molecule has 0 aliphatic rings. The minimum absolute atomic E-state index is 0.00814. The minimum Gasteiger partial charge on any atom is -0.507 e. The molecule has 0 saturated heterocycles. The number of hydrogen-bond donors (Lipinski definition) is 2. The number of nitrogens with one attached hydrogen (secondary N) is 1. The predicted octanol–water partition coefficient (Wildman–Crippen LogP) is 4.46. The number of amides is 1. The van der Waals surface area contributed by atoms with Crippen LogP contribution >= 0.6 is 31.9 Å². The fourth-order valence-electron chi connectivity index (χ4n) is 1.71. The van der Waals surface area contributed by atoms with Crippen LogP contribution in [0.2, 0.25) is 0 Å². The van der Waals surface area contributed by atoms with Crippen LogP contribution in [-0.4, -0.2) is 11.0 Å². The zero-order valence-corrected chi connectivity index (χ0v) is 14.3. The minimum atomic E-state index is -0.542. The highest BCUT2D eigenvalue weighted by atomic mass is 79.9. The number of aromatic hydroxyl groups is 1. The third-order valence-electron chi connectivity index (χ3n) is 2.74. The number of benzene rings is 2. The van der Waals surface area contributed by atoms with E-state index in [2.05, 4.69) is 37.2 Å². The van der Waals surface area contributed by atoms with Crippen molar-refractivity contribution in [2.24, 2.45) is 0 Å².